The quantitative estimate of drug-likeness (QED) is 0.171. The van der Waals surface area contributed by atoms with Gasteiger partial charge in [0.2, 0.25) is 0 Å². The predicted molar refractivity (Wildman–Crippen MR) is 254 cm³/mol. The molecule has 0 amide bonds. The van der Waals surface area contributed by atoms with Crippen molar-refractivity contribution in [1.29, 1.82) is 5.26 Å². The summed E-state index contributed by atoms with van der Waals surface area (Å²) >= 11 is 0. The first-order chi connectivity index (χ1) is 29.0. The number of rotatable bonds is 5. The third-order valence-corrected chi connectivity index (χ3v) is 12.3. The Balaban J connectivity index is 1.36. The summed E-state index contributed by atoms with van der Waals surface area (Å²) in [5, 5.41) is 16.3. The van der Waals surface area contributed by atoms with E-state index >= 15 is 0 Å². The highest BCUT2D eigenvalue weighted by atomic mass is 15.0. The van der Waals surface area contributed by atoms with Crippen molar-refractivity contribution in [3.63, 3.8) is 0 Å². The molecular weight excluding hydrogens is 727 g/mol. The normalized spacial score (nSPS) is 12.2. The van der Waals surface area contributed by atoms with Crippen LogP contribution < -0.4 is 0 Å². The molecule has 0 aliphatic rings. The minimum Gasteiger partial charge on any atom is -0.308 e. The zero-order valence-corrected chi connectivity index (χ0v) is 35.1. The predicted octanol–water partition coefficient (Wildman–Crippen LogP) is 15.3. The van der Waals surface area contributed by atoms with Crippen LogP contribution in [-0.4, -0.2) is 9.13 Å². The number of hydrogen-bond acceptors (Lipinski definition) is 1. The van der Waals surface area contributed by atoms with E-state index in [-0.39, 0.29) is 10.8 Å². The van der Waals surface area contributed by atoms with Crippen LogP contribution in [0.5, 0.6) is 0 Å². The van der Waals surface area contributed by atoms with Crippen molar-refractivity contribution in [3.8, 4) is 50.8 Å². The number of fused-ring (bicyclic) bond motifs is 6. The van der Waals surface area contributed by atoms with Crippen LogP contribution in [0, 0.1) is 11.3 Å². The fourth-order valence-corrected chi connectivity index (χ4v) is 8.99. The summed E-state index contributed by atoms with van der Waals surface area (Å²) in [4.78, 5) is 0. The minimum atomic E-state index is -0.0349. The van der Waals surface area contributed by atoms with Gasteiger partial charge < -0.3 is 9.13 Å². The van der Waals surface area contributed by atoms with Crippen molar-refractivity contribution in [1.82, 2.24) is 9.13 Å². The molecule has 0 atom stereocenters. The van der Waals surface area contributed by atoms with Gasteiger partial charge in [-0.25, -0.2) is 0 Å². The molecule has 0 unspecified atom stereocenters. The first-order valence-electron chi connectivity index (χ1n) is 20.9. The molecule has 0 fully saturated rings. The molecule has 0 N–H and O–H groups in total. The maximum Gasteiger partial charge on any atom is 0.104 e. The number of aromatic nitrogens is 2. The van der Waals surface area contributed by atoms with Gasteiger partial charge >= 0.3 is 0 Å². The smallest absolute Gasteiger partial charge is 0.104 e. The highest BCUT2D eigenvalue weighted by Crippen LogP contribution is 2.43. The fraction of sp³-hybridized carbons (Fsp3) is 0.140. The van der Waals surface area contributed by atoms with E-state index in [9.17, 15) is 5.26 Å². The SMILES string of the molecule is CC(C)(C)c1ccc2c(c1)c1ccc(-c3ccccc3)cc1n2-c1cc(-c2ccccc2)cc(-n2c3ccc(C(C)(C)C)cc3c3ccc(-c4ccccc4)cc32)c1C#N. The van der Waals surface area contributed by atoms with Crippen LogP contribution in [0.15, 0.2) is 176 Å². The van der Waals surface area contributed by atoms with Crippen molar-refractivity contribution < 1.29 is 0 Å². The molecule has 0 saturated carbocycles. The summed E-state index contributed by atoms with van der Waals surface area (Å²) in [5.74, 6) is 0. The Morgan fingerprint density at radius 1 is 0.350 bits per heavy atom. The van der Waals surface area contributed by atoms with E-state index in [1.165, 1.54) is 21.9 Å². The largest absolute Gasteiger partial charge is 0.308 e. The summed E-state index contributed by atoms with van der Waals surface area (Å²) < 4.78 is 4.69. The Labute approximate surface area is 352 Å². The molecule has 0 saturated heterocycles. The van der Waals surface area contributed by atoms with Crippen LogP contribution in [0.25, 0.3) is 88.4 Å². The second-order valence-electron chi connectivity index (χ2n) is 18.2. The minimum absolute atomic E-state index is 0.0349. The third kappa shape index (κ3) is 6.19. The molecule has 0 bridgehead atoms. The summed E-state index contributed by atoms with van der Waals surface area (Å²) in [6.45, 7) is 13.6. The average molecular weight is 774 g/mol. The zero-order chi connectivity index (χ0) is 41.3. The van der Waals surface area contributed by atoms with Crippen LogP contribution in [-0.2, 0) is 10.8 Å². The van der Waals surface area contributed by atoms with Gasteiger partial charge in [-0.15, -0.1) is 0 Å². The molecule has 2 heterocycles. The molecule has 0 spiro atoms. The van der Waals surface area contributed by atoms with Crippen LogP contribution in [0.1, 0.15) is 58.2 Å². The monoisotopic (exact) mass is 773 g/mol. The molecule has 60 heavy (non-hydrogen) atoms. The summed E-state index contributed by atoms with van der Waals surface area (Å²) in [7, 11) is 0. The Hall–Kier alpha value is -7.15. The first kappa shape index (κ1) is 37.1. The van der Waals surface area contributed by atoms with E-state index in [0.717, 1.165) is 77.6 Å². The molecular formula is C57H47N3. The number of benzene rings is 8. The molecule has 10 rings (SSSR count). The molecule has 8 aromatic carbocycles. The lowest BCUT2D eigenvalue weighted by molar-refractivity contribution is 0.591. The van der Waals surface area contributed by atoms with Gasteiger partial charge in [-0.1, -0.05) is 169 Å². The lowest BCUT2D eigenvalue weighted by Crippen LogP contribution is -2.10. The second kappa shape index (κ2) is 14.0. The van der Waals surface area contributed by atoms with E-state index in [4.69, 9.17) is 0 Å². The maximum absolute atomic E-state index is 11.6. The van der Waals surface area contributed by atoms with E-state index in [1.54, 1.807) is 0 Å². The van der Waals surface area contributed by atoms with Gasteiger partial charge in [0, 0.05) is 21.5 Å². The molecule has 3 nitrogen and oxygen atoms in total. The average Bonchev–Trinajstić information content (AvgIpc) is 3.77. The highest BCUT2D eigenvalue weighted by Gasteiger charge is 2.25. The lowest BCUT2D eigenvalue weighted by atomic mass is 9.86. The van der Waals surface area contributed by atoms with Crippen molar-refractivity contribution in [2.24, 2.45) is 0 Å². The van der Waals surface area contributed by atoms with E-state index in [1.807, 2.05) is 0 Å². The van der Waals surface area contributed by atoms with Gasteiger partial charge in [-0.3, -0.25) is 0 Å². The molecule has 2 aromatic heterocycles. The number of nitriles is 1. The van der Waals surface area contributed by atoms with Crippen molar-refractivity contribution in [2.45, 2.75) is 52.4 Å². The van der Waals surface area contributed by atoms with Crippen molar-refractivity contribution >= 4 is 43.6 Å². The van der Waals surface area contributed by atoms with Crippen LogP contribution in [0.4, 0.5) is 0 Å². The Morgan fingerprint density at radius 2 is 0.733 bits per heavy atom. The molecule has 10 aromatic rings. The van der Waals surface area contributed by atoms with Crippen LogP contribution >= 0.6 is 0 Å². The van der Waals surface area contributed by atoms with E-state index in [2.05, 4.69) is 233 Å². The van der Waals surface area contributed by atoms with Crippen LogP contribution in [0.3, 0.4) is 0 Å². The highest BCUT2D eigenvalue weighted by molar-refractivity contribution is 6.12. The molecule has 3 heteroatoms. The Kier molecular flexibility index (Phi) is 8.67. The Bertz CT molecular complexity index is 3110. The van der Waals surface area contributed by atoms with Crippen molar-refractivity contribution in [2.75, 3.05) is 0 Å². The summed E-state index contributed by atoms with van der Waals surface area (Å²) in [6.07, 6.45) is 0. The third-order valence-electron chi connectivity index (χ3n) is 12.3. The van der Waals surface area contributed by atoms with Gasteiger partial charge in [0.15, 0.2) is 0 Å². The second-order valence-corrected chi connectivity index (χ2v) is 18.2. The van der Waals surface area contributed by atoms with E-state index in [0.29, 0.717) is 5.56 Å². The molecule has 0 radical (unpaired) electrons. The Morgan fingerprint density at radius 3 is 1.10 bits per heavy atom. The molecule has 0 aliphatic carbocycles. The molecule has 0 aliphatic heterocycles. The first-order valence-corrected chi connectivity index (χ1v) is 20.9. The van der Waals surface area contributed by atoms with Gasteiger partial charge in [0.05, 0.1) is 33.4 Å². The van der Waals surface area contributed by atoms with E-state index < -0.39 is 0 Å². The fourth-order valence-electron chi connectivity index (χ4n) is 8.99. The maximum atomic E-state index is 11.6. The van der Waals surface area contributed by atoms with Gasteiger partial charge in [-0.2, -0.15) is 5.26 Å². The molecule has 290 valence electrons. The van der Waals surface area contributed by atoms with Gasteiger partial charge in [0.25, 0.3) is 0 Å². The summed E-state index contributed by atoms with van der Waals surface area (Å²) in [6, 6.07) is 66.3. The number of hydrogen-bond donors (Lipinski definition) is 0. The van der Waals surface area contributed by atoms with Crippen molar-refractivity contribution in [3.05, 3.63) is 193 Å². The topological polar surface area (TPSA) is 33.6 Å². The van der Waals surface area contributed by atoms with Gasteiger partial charge in [-0.05, 0) is 104 Å². The lowest BCUT2D eigenvalue weighted by Gasteiger charge is -2.21. The van der Waals surface area contributed by atoms with Crippen LogP contribution in [0.2, 0.25) is 0 Å². The zero-order valence-electron chi connectivity index (χ0n) is 35.1. The number of nitrogens with zero attached hydrogens (tertiary/aromatic N) is 3. The van der Waals surface area contributed by atoms with Gasteiger partial charge in [0.1, 0.15) is 11.6 Å². The standard InChI is InChI=1S/C57H47N3/c1-56(2,3)43-24-28-50-47(34-43)45-26-22-40(37-16-10-7-11-17-37)30-52(45)59(50)54-32-42(39-20-14-9-15-21-39)33-55(49(54)36-58)60-51-29-25-44(57(4,5)6)35-48(51)46-27-23-41(31-53(46)60)38-18-12-8-13-19-38/h7-35H,1-6H3. The summed E-state index contributed by atoms with van der Waals surface area (Å²) in [5.41, 5.74) is 15.8.